The molecular formula is C15H16ClN3O. The molecule has 1 atom stereocenters. The molecule has 0 spiro atoms. The van der Waals surface area contributed by atoms with Crippen molar-refractivity contribution in [2.45, 2.75) is 24.9 Å². The minimum absolute atomic E-state index is 0.433. The molecule has 0 saturated heterocycles. The summed E-state index contributed by atoms with van der Waals surface area (Å²) < 4.78 is 0. The van der Waals surface area contributed by atoms with E-state index in [1.54, 1.807) is 6.07 Å². The lowest BCUT2D eigenvalue weighted by atomic mass is 9.91. The molecule has 1 aromatic carbocycles. The highest BCUT2D eigenvalue weighted by atomic mass is 35.5. The van der Waals surface area contributed by atoms with Gasteiger partial charge in [0.15, 0.2) is 0 Å². The quantitative estimate of drug-likeness (QED) is 0.852. The summed E-state index contributed by atoms with van der Waals surface area (Å²) in [7, 11) is 0. The Morgan fingerprint density at radius 2 is 2.25 bits per heavy atom. The van der Waals surface area contributed by atoms with Gasteiger partial charge in [0, 0.05) is 17.0 Å². The van der Waals surface area contributed by atoms with E-state index in [-0.39, 0.29) is 0 Å². The second-order valence-electron chi connectivity index (χ2n) is 5.14. The maximum Gasteiger partial charge on any atom is 0.137 e. The van der Waals surface area contributed by atoms with E-state index < -0.39 is 5.60 Å². The van der Waals surface area contributed by atoms with Gasteiger partial charge in [0.25, 0.3) is 0 Å². The third-order valence-corrected chi connectivity index (χ3v) is 3.80. The Labute approximate surface area is 122 Å². The van der Waals surface area contributed by atoms with E-state index in [1.165, 1.54) is 6.33 Å². The molecule has 2 aromatic rings. The maximum absolute atomic E-state index is 10.4. The van der Waals surface area contributed by atoms with Crippen LogP contribution in [0.4, 0.5) is 5.82 Å². The number of hydrogen-bond donors (Lipinski definition) is 2. The zero-order chi connectivity index (χ0) is 14.0. The summed E-state index contributed by atoms with van der Waals surface area (Å²) in [4.78, 5) is 8.46. The van der Waals surface area contributed by atoms with Crippen LogP contribution in [0.1, 0.15) is 19.3 Å². The Hall–Kier alpha value is -1.65. The number of hydrogen-bond acceptors (Lipinski definition) is 4. The first-order valence-corrected chi connectivity index (χ1v) is 7.08. The Morgan fingerprint density at radius 1 is 1.35 bits per heavy atom. The largest absolute Gasteiger partial charge is 0.384 e. The first kappa shape index (κ1) is 13.3. The number of nitrogens with one attached hydrogen (secondary N) is 1. The Kier molecular flexibility index (Phi) is 3.59. The summed E-state index contributed by atoms with van der Waals surface area (Å²) >= 11 is 6.02. The van der Waals surface area contributed by atoms with Gasteiger partial charge in [-0.1, -0.05) is 23.8 Å². The summed E-state index contributed by atoms with van der Waals surface area (Å²) in [5, 5.41) is 15.2. The van der Waals surface area contributed by atoms with Crippen LogP contribution in [0, 0.1) is 0 Å². The van der Waals surface area contributed by atoms with Crippen LogP contribution >= 0.6 is 11.6 Å². The van der Waals surface area contributed by atoms with Crippen LogP contribution in [0.3, 0.4) is 0 Å². The molecule has 1 unspecified atom stereocenters. The van der Waals surface area contributed by atoms with E-state index >= 15 is 0 Å². The number of halogens is 1. The van der Waals surface area contributed by atoms with Crippen molar-refractivity contribution in [3.63, 3.8) is 0 Å². The second kappa shape index (κ2) is 5.38. The van der Waals surface area contributed by atoms with Crippen LogP contribution in [-0.2, 0) is 0 Å². The molecule has 1 aliphatic rings. The molecule has 4 nitrogen and oxygen atoms in total. The van der Waals surface area contributed by atoms with Gasteiger partial charge in [-0.3, -0.25) is 0 Å². The van der Waals surface area contributed by atoms with Crippen molar-refractivity contribution in [1.82, 2.24) is 9.97 Å². The van der Waals surface area contributed by atoms with E-state index in [4.69, 9.17) is 11.6 Å². The fourth-order valence-corrected chi connectivity index (χ4v) is 2.64. The number of nitrogens with zero attached hydrogens (tertiary/aromatic N) is 2. The van der Waals surface area contributed by atoms with E-state index in [2.05, 4.69) is 15.3 Å². The smallest absolute Gasteiger partial charge is 0.137 e. The highest BCUT2D eigenvalue weighted by Crippen LogP contribution is 2.26. The summed E-state index contributed by atoms with van der Waals surface area (Å²) in [5.74, 6) is 0.699. The molecule has 1 heterocycles. The average molecular weight is 290 g/mol. The Balaban J connectivity index is 1.85. The fraction of sp³-hybridized carbons (Fsp3) is 0.333. The van der Waals surface area contributed by atoms with Crippen molar-refractivity contribution in [2.75, 3.05) is 11.9 Å². The first-order valence-electron chi connectivity index (χ1n) is 6.71. The van der Waals surface area contributed by atoms with Crippen molar-refractivity contribution in [3.05, 3.63) is 41.7 Å². The minimum Gasteiger partial charge on any atom is -0.384 e. The number of benzene rings is 1. The van der Waals surface area contributed by atoms with Crippen LogP contribution in [-0.4, -0.2) is 27.2 Å². The standard InChI is InChI=1S/C15H16ClN3O/c16-11-4-5-13-12(8-11)14(19-10-18-13)17-9-15(20)6-2-1-3-7-15/h2,4-6,8,10,20H,1,3,7,9H2,(H,17,18,19). The van der Waals surface area contributed by atoms with Crippen molar-refractivity contribution in [2.24, 2.45) is 0 Å². The summed E-state index contributed by atoms with van der Waals surface area (Å²) in [6.45, 7) is 0.433. The van der Waals surface area contributed by atoms with Crippen molar-refractivity contribution in [1.29, 1.82) is 0 Å². The minimum atomic E-state index is -0.798. The maximum atomic E-state index is 10.4. The Morgan fingerprint density at radius 3 is 3.05 bits per heavy atom. The number of aliphatic hydroxyl groups is 1. The molecule has 20 heavy (non-hydrogen) atoms. The molecule has 3 rings (SSSR count). The molecule has 0 fully saturated rings. The number of rotatable bonds is 3. The average Bonchev–Trinajstić information content (AvgIpc) is 2.46. The highest BCUT2D eigenvalue weighted by molar-refractivity contribution is 6.31. The Bertz CT molecular complexity index is 659. The van der Waals surface area contributed by atoms with E-state index in [0.717, 1.165) is 30.2 Å². The van der Waals surface area contributed by atoms with Gasteiger partial charge < -0.3 is 10.4 Å². The van der Waals surface area contributed by atoms with Crippen molar-refractivity contribution < 1.29 is 5.11 Å². The molecule has 2 N–H and O–H groups in total. The first-order chi connectivity index (χ1) is 9.66. The van der Waals surface area contributed by atoms with Crippen LogP contribution in [0.2, 0.25) is 5.02 Å². The van der Waals surface area contributed by atoms with Gasteiger partial charge in [-0.25, -0.2) is 9.97 Å². The van der Waals surface area contributed by atoms with Gasteiger partial charge in [-0.2, -0.15) is 0 Å². The number of aromatic nitrogens is 2. The van der Waals surface area contributed by atoms with Gasteiger partial charge in [0.2, 0.25) is 0 Å². The zero-order valence-corrected chi connectivity index (χ0v) is 11.8. The van der Waals surface area contributed by atoms with Gasteiger partial charge >= 0.3 is 0 Å². The monoisotopic (exact) mass is 289 g/mol. The molecule has 104 valence electrons. The van der Waals surface area contributed by atoms with E-state index in [1.807, 2.05) is 24.3 Å². The normalized spacial score (nSPS) is 22.1. The van der Waals surface area contributed by atoms with Gasteiger partial charge in [-0.15, -0.1) is 0 Å². The summed E-state index contributed by atoms with van der Waals surface area (Å²) in [5.41, 5.74) is 0.0340. The summed E-state index contributed by atoms with van der Waals surface area (Å²) in [6, 6.07) is 5.50. The molecule has 1 aromatic heterocycles. The van der Waals surface area contributed by atoms with Crippen LogP contribution in [0.5, 0.6) is 0 Å². The van der Waals surface area contributed by atoms with Crippen LogP contribution in [0.15, 0.2) is 36.7 Å². The molecule has 0 aliphatic heterocycles. The lowest BCUT2D eigenvalue weighted by Crippen LogP contribution is -2.36. The van der Waals surface area contributed by atoms with Crippen molar-refractivity contribution >= 4 is 28.3 Å². The topological polar surface area (TPSA) is 58.0 Å². The lowest BCUT2D eigenvalue weighted by Gasteiger charge is -2.28. The molecular weight excluding hydrogens is 274 g/mol. The number of allylic oxidation sites excluding steroid dienone is 1. The fourth-order valence-electron chi connectivity index (χ4n) is 2.47. The predicted molar refractivity (Wildman–Crippen MR) is 81.0 cm³/mol. The summed E-state index contributed by atoms with van der Waals surface area (Å²) in [6.07, 6.45) is 8.22. The SMILES string of the molecule is OC1(CNc2ncnc3ccc(Cl)cc23)C=CCCC1. The zero-order valence-electron chi connectivity index (χ0n) is 11.0. The molecule has 0 radical (unpaired) electrons. The lowest BCUT2D eigenvalue weighted by molar-refractivity contribution is 0.0880. The second-order valence-corrected chi connectivity index (χ2v) is 5.57. The molecule has 0 bridgehead atoms. The number of fused-ring (bicyclic) bond motifs is 1. The molecule has 1 aliphatic carbocycles. The molecule has 5 heteroatoms. The van der Waals surface area contributed by atoms with Gasteiger partial charge in [0.1, 0.15) is 12.1 Å². The molecule has 0 saturated carbocycles. The van der Waals surface area contributed by atoms with Crippen LogP contribution in [0.25, 0.3) is 10.9 Å². The third kappa shape index (κ3) is 2.76. The predicted octanol–water partition coefficient (Wildman–Crippen LogP) is 3.17. The molecule has 0 amide bonds. The van der Waals surface area contributed by atoms with E-state index in [0.29, 0.717) is 17.4 Å². The van der Waals surface area contributed by atoms with E-state index in [9.17, 15) is 5.11 Å². The number of anilines is 1. The third-order valence-electron chi connectivity index (χ3n) is 3.57. The highest BCUT2D eigenvalue weighted by Gasteiger charge is 2.25. The van der Waals surface area contributed by atoms with Gasteiger partial charge in [0.05, 0.1) is 11.1 Å². The van der Waals surface area contributed by atoms with Gasteiger partial charge in [-0.05, 0) is 37.5 Å². The van der Waals surface area contributed by atoms with Crippen molar-refractivity contribution in [3.8, 4) is 0 Å². The van der Waals surface area contributed by atoms with Crippen LogP contribution < -0.4 is 5.32 Å².